The van der Waals surface area contributed by atoms with Crippen LogP contribution < -0.4 is 0 Å². The Morgan fingerprint density at radius 1 is 1.28 bits per heavy atom. The molecule has 0 atom stereocenters. The lowest BCUT2D eigenvalue weighted by Crippen LogP contribution is -2.15. The van der Waals surface area contributed by atoms with Crippen LogP contribution in [0.3, 0.4) is 0 Å². The molecule has 1 aromatic carbocycles. The average molecular weight is 264 g/mol. The van der Waals surface area contributed by atoms with Crippen LogP contribution in [0.15, 0.2) is 24.3 Å². The lowest BCUT2D eigenvalue weighted by molar-refractivity contribution is 0.0699. The van der Waals surface area contributed by atoms with E-state index < -0.39 is 5.97 Å². The van der Waals surface area contributed by atoms with Gasteiger partial charge in [0.05, 0.1) is 11.1 Å². The number of hydrogen-bond acceptors (Lipinski definition) is 2. The van der Waals surface area contributed by atoms with Crippen LogP contribution in [-0.2, 0) is 5.41 Å². The van der Waals surface area contributed by atoms with Gasteiger partial charge in [-0.25, -0.2) is 4.79 Å². The molecule has 4 heteroatoms. The number of benzene rings is 1. The highest BCUT2D eigenvalue weighted by molar-refractivity contribution is 6.31. The van der Waals surface area contributed by atoms with E-state index in [4.69, 9.17) is 11.6 Å². The van der Waals surface area contributed by atoms with E-state index in [1.165, 1.54) is 0 Å². The summed E-state index contributed by atoms with van der Waals surface area (Å²) in [6.07, 6.45) is 0. The monoisotopic (exact) mass is 263 g/mol. The molecule has 0 saturated heterocycles. The molecule has 2 rings (SSSR count). The molecule has 18 heavy (non-hydrogen) atoms. The molecular weight excluding hydrogens is 250 g/mol. The number of fused-ring (bicyclic) bond motifs is 1. The minimum atomic E-state index is -0.963. The quantitative estimate of drug-likeness (QED) is 0.849. The zero-order chi connectivity index (χ0) is 13.5. The molecule has 0 bridgehead atoms. The van der Waals surface area contributed by atoms with Crippen molar-refractivity contribution in [2.24, 2.45) is 0 Å². The van der Waals surface area contributed by atoms with Gasteiger partial charge in [-0.05, 0) is 24.3 Å². The molecule has 0 fully saturated rings. The lowest BCUT2D eigenvalue weighted by Gasteiger charge is -2.19. The summed E-state index contributed by atoms with van der Waals surface area (Å²) in [5.41, 5.74) is 1.46. The van der Waals surface area contributed by atoms with Crippen molar-refractivity contribution in [3.8, 4) is 0 Å². The summed E-state index contributed by atoms with van der Waals surface area (Å²) in [5, 5.41) is 10.4. The van der Waals surface area contributed by atoms with E-state index in [2.05, 4.69) is 4.98 Å². The number of carboxylic acids is 1. The highest BCUT2D eigenvalue weighted by atomic mass is 35.5. The van der Waals surface area contributed by atoms with Crippen molar-refractivity contribution in [1.29, 1.82) is 0 Å². The van der Waals surface area contributed by atoms with E-state index in [-0.39, 0.29) is 11.0 Å². The number of halogens is 1. The standard InChI is InChI=1S/C14H14ClNO2/c1-14(2,3)12-7-10(13(17)18)9-6-8(15)4-5-11(9)16-12/h4-7H,1-3H3,(H,17,18). The zero-order valence-corrected chi connectivity index (χ0v) is 11.2. The van der Waals surface area contributed by atoms with Gasteiger partial charge in [-0.15, -0.1) is 0 Å². The van der Waals surface area contributed by atoms with Crippen molar-refractivity contribution in [3.05, 3.63) is 40.5 Å². The van der Waals surface area contributed by atoms with Gasteiger partial charge in [-0.1, -0.05) is 32.4 Å². The third-order valence-corrected chi connectivity index (χ3v) is 3.00. The first-order valence-electron chi connectivity index (χ1n) is 5.63. The Bertz CT molecular complexity index is 629. The first-order chi connectivity index (χ1) is 8.29. The Kier molecular flexibility index (Phi) is 3.03. The molecular formula is C14H14ClNO2. The minimum absolute atomic E-state index is 0.196. The fraction of sp³-hybridized carbons (Fsp3) is 0.286. The number of aromatic nitrogens is 1. The smallest absolute Gasteiger partial charge is 0.336 e. The second kappa shape index (κ2) is 4.25. The average Bonchev–Trinajstić information content (AvgIpc) is 2.25. The molecule has 3 nitrogen and oxygen atoms in total. The number of pyridine rings is 1. The second-order valence-electron chi connectivity index (χ2n) is 5.27. The van der Waals surface area contributed by atoms with Crippen LogP contribution in [0, 0.1) is 0 Å². The molecule has 0 spiro atoms. The van der Waals surface area contributed by atoms with Gasteiger partial charge in [-0.2, -0.15) is 0 Å². The largest absolute Gasteiger partial charge is 0.478 e. The van der Waals surface area contributed by atoms with Crippen molar-refractivity contribution >= 4 is 28.5 Å². The van der Waals surface area contributed by atoms with Gasteiger partial charge in [0.2, 0.25) is 0 Å². The summed E-state index contributed by atoms with van der Waals surface area (Å²) in [4.78, 5) is 15.8. The first-order valence-corrected chi connectivity index (χ1v) is 6.01. The van der Waals surface area contributed by atoms with Gasteiger partial charge in [0.1, 0.15) is 0 Å². The van der Waals surface area contributed by atoms with Crippen LogP contribution in [0.2, 0.25) is 5.02 Å². The summed E-state index contributed by atoms with van der Waals surface area (Å²) < 4.78 is 0. The van der Waals surface area contributed by atoms with Crippen LogP contribution in [0.5, 0.6) is 0 Å². The van der Waals surface area contributed by atoms with Crippen molar-refractivity contribution in [1.82, 2.24) is 4.98 Å². The second-order valence-corrected chi connectivity index (χ2v) is 5.71. The normalized spacial score (nSPS) is 11.8. The Balaban J connectivity index is 2.83. The van der Waals surface area contributed by atoms with E-state index in [0.29, 0.717) is 15.9 Å². The maximum absolute atomic E-state index is 11.3. The number of hydrogen-bond donors (Lipinski definition) is 1. The van der Waals surface area contributed by atoms with E-state index in [1.54, 1.807) is 24.3 Å². The molecule has 0 aliphatic heterocycles. The van der Waals surface area contributed by atoms with Crippen molar-refractivity contribution < 1.29 is 9.90 Å². The zero-order valence-electron chi connectivity index (χ0n) is 10.5. The van der Waals surface area contributed by atoms with Crippen LogP contribution in [0.4, 0.5) is 0 Å². The van der Waals surface area contributed by atoms with E-state index in [1.807, 2.05) is 20.8 Å². The number of carbonyl (C=O) groups is 1. The lowest BCUT2D eigenvalue weighted by atomic mass is 9.90. The van der Waals surface area contributed by atoms with Crippen LogP contribution in [-0.4, -0.2) is 16.1 Å². The molecule has 0 unspecified atom stereocenters. The van der Waals surface area contributed by atoms with E-state index in [9.17, 15) is 9.90 Å². The third kappa shape index (κ3) is 2.31. The predicted molar refractivity (Wildman–Crippen MR) is 72.4 cm³/mol. The van der Waals surface area contributed by atoms with Gasteiger partial charge in [0.25, 0.3) is 0 Å². The number of rotatable bonds is 1. The highest BCUT2D eigenvalue weighted by Gasteiger charge is 2.20. The summed E-state index contributed by atoms with van der Waals surface area (Å²) in [6, 6.07) is 6.73. The SMILES string of the molecule is CC(C)(C)c1cc(C(=O)O)c2cc(Cl)ccc2n1. The molecule has 94 valence electrons. The Morgan fingerprint density at radius 2 is 1.94 bits per heavy atom. The fourth-order valence-corrected chi connectivity index (χ4v) is 1.93. The summed E-state index contributed by atoms with van der Waals surface area (Å²) in [7, 11) is 0. The van der Waals surface area contributed by atoms with Crippen LogP contribution >= 0.6 is 11.6 Å². The van der Waals surface area contributed by atoms with E-state index >= 15 is 0 Å². The molecule has 1 heterocycles. The van der Waals surface area contributed by atoms with Gasteiger partial charge < -0.3 is 5.11 Å². The molecule has 0 aliphatic carbocycles. The van der Waals surface area contributed by atoms with Crippen molar-refractivity contribution in [2.45, 2.75) is 26.2 Å². The number of carboxylic acid groups (broad SMARTS) is 1. The van der Waals surface area contributed by atoms with Gasteiger partial charge in [-0.3, -0.25) is 4.98 Å². The van der Waals surface area contributed by atoms with Crippen LogP contribution in [0.25, 0.3) is 10.9 Å². The topological polar surface area (TPSA) is 50.2 Å². The Morgan fingerprint density at radius 3 is 2.50 bits per heavy atom. The maximum Gasteiger partial charge on any atom is 0.336 e. The van der Waals surface area contributed by atoms with Crippen LogP contribution in [0.1, 0.15) is 36.8 Å². The number of nitrogens with zero attached hydrogens (tertiary/aromatic N) is 1. The predicted octanol–water partition coefficient (Wildman–Crippen LogP) is 3.88. The third-order valence-electron chi connectivity index (χ3n) is 2.77. The molecule has 1 aromatic heterocycles. The maximum atomic E-state index is 11.3. The molecule has 0 aliphatic rings. The van der Waals surface area contributed by atoms with E-state index in [0.717, 1.165) is 5.69 Å². The summed E-state index contributed by atoms with van der Waals surface area (Å²) in [5.74, 6) is -0.963. The van der Waals surface area contributed by atoms with Crippen molar-refractivity contribution in [2.75, 3.05) is 0 Å². The molecule has 0 radical (unpaired) electrons. The Hall–Kier alpha value is -1.61. The minimum Gasteiger partial charge on any atom is -0.478 e. The number of aromatic carboxylic acids is 1. The van der Waals surface area contributed by atoms with Gasteiger partial charge in [0, 0.05) is 21.5 Å². The molecule has 1 N–H and O–H groups in total. The first kappa shape index (κ1) is 12.8. The Labute approximate surface area is 110 Å². The van der Waals surface area contributed by atoms with Crippen molar-refractivity contribution in [3.63, 3.8) is 0 Å². The molecule has 0 saturated carbocycles. The molecule has 0 amide bonds. The van der Waals surface area contributed by atoms with Gasteiger partial charge >= 0.3 is 5.97 Å². The van der Waals surface area contributed by atoms with Gasteiger partial charge in [0.15, 0.2) is 0 Å². The summed E-state index contributed by atoms with van der Waals surface area (Å²) in [6.45, 7) is 6.01. The fourth-order valence-electron chi connectivity index (χ4n) is 1.76. The summed E-state index contributed by atoms with van der Waals surface area (Å²) >= 11 is 5.90. The molecule has 2 aromatic rings. The highest BCUT2D eigenvalue weighted by Crippen LogP contribution is 2.27.